The lowest BCUT2D eigenvalue weighted by Crippen LogP contribution is -2.43. The molecule has 0 spiro atoms. The molecule has 1 aliphatic rings. The highest BCUT2D eigenvalue weighted by molar-refractivity contribution is 7.21. The Morgan fingerprint density at radius 3 is 2.54 bits per heavy atom. The van der Waals surface area contributed by atoms with Crippen LogP contribution >= 0.6 is 22.9 Å². The molecule has 1 saturated carbocycles. The number of carbonyl (C=O) groups excluding carboxylic acids is 1. The van der Waals surface area contributed by atoms with Gasteiger partial charge in [0.25, 0.3) is 5.91 Å². The molecular weight excluding hydrogens is 547 g/mol. The van der Waals surface area contributed by atoms with Gasteiger partial charge in [-0.25, -0.2) is 13.2 Å². The summed E-state index contributed by atoms with van der Waals surface area (Å²) in [6, 6.07) is 8.79. The summed E-state index contributed by atoms with van der Waals surface area (Å²) in [5.74, 6) is -1.67. The Morgan fingerprint density at radius 2 is 1.85 bits per heavy atom. The van der Waals surface area contributed by atoms with Gasteiger partial charge in [0.2, 0.25) is 0 Å². The van der Waals surface area contributed by atoms with E-state index in [-0.39, 0.29) is 38.6 Å². The third-order valence-electron chi connectivity index (χ3n) is 7.10. The lowest BCUT2D eigenvalue weighted by molar-refractivity contribution is 0.0609. The van der Waals surface area contributed by atoms with E-state index in [1.165, 1.54) is 6.20 Å². The van der Waals surface area contributed by atoms with Crippen molar-refractivity contribution in [1.29, 1.82) is 0 Å². The van der Waals surface area contributed by atoms with Crippen LogP contribution in [-0.2, 0) is 6.54 Å². The number of ether oxygens (including phenoxy) is 1. The smallest absolute Gasteiger partial charge is 0.266 e. The highest BCUT2D eigenvalue weighted by atomic mass is 35.5. The van der Waals surface area contributed by atoms with Crippen molar-refractivity contribution >= 4 is 38.9 Å². The summed E-state index contributed by atoms with van der Waals surface area (Å²) in [4.78, 5) is 19.7. The van der Waals surface area contributed by atoms with Gasteiger partial charge in [0.1, 0.15) is 28.1 Å². The van der Waals surface area contributed by atoms with Gasteiger partial charge in [0.15, 0.2) is 0 Å². The van der Waals surface area contributed by atoms with E-state index in [4.69, 9.17) is 22.1 Å². The molecule has 10 heteroatoms. The topological polar surface area (TPSA) is 68.5 Å². The summed E-state index contributed by atoms with van der Waals surface area (Å²) < 4.78 is 49.6. The standard InChI is InChI=1S/C29H27ClF3N3O2S/c1-2-38-24-10-3-16(20-11-12-35-14-23(20)33)13-17(24)15-36(19-6-4-18(34)5-7-19)29(37)28-26(30)25-21(31)8-9-22(32)27(25)39-28/h3,8-14,18-19H,2,4-7,15,34H2,1H3. The minimum Gasteiger partial charge on any atom is -0.494 e. The second kappa shape index (κ2) is 11.5. The van der Waals surface area contributed by atoms with Gasteiger partial charge in [-0.1, -0.05) is 17.7 Å². The lowest BCUT2D eigenvalue weighted by Gasteiger charge is -2.36. The molecule has 5 rings (SSSR count). The number of nitrogens with two attached hydrogens (primary N) is 1. The Kier molecular flexibility index (Phi) is 8.11. The third kappa shape index (κ3) is 5.48. The van der Waals surface area contributed by atoms with Crippen LogP contribution in [0.1, 0.15) is 47.8 Å². The quantitative estimate of drug-likeness (QED) is 0.251. The first-order valence-electron chi connectivity index (χ1n) is 12.8. The maximum Gasteiger partial charge on any atom is 0.266 e. The lowest BCUT2D eigenvalue weighted by atomic mass is 9.90. The van der Waals surface area contributed by atoms with E-state index >= 15 is 0 Å². The first kappa shape index (κ1) is 27.4. The molecule has 0 unspecified atom stereocenters. The average Bonchev–Trinajstić information content (AvgIpc) is 3.29. The molecule has 2 aromatic carbocycles. The van der Waals surface area contributed by atoms with Gasteiger partial charge in [0.05, 0.1) is 27.9 Å². The third-order valence-corrected chi connectivity index (χ3v) is 8.78. The molecular formula is C29H27ClF3N3O2S. The zero-order chi connectivity index (χ0) is 27.7. The number of carbonyl (C=O) groups is 1. The van der Waals surface area contributed by atoms with Crippen molar-refractivity contribution in [1.82, 2.24) is 9.88 Å². The number of halogens is 4. The maximum absolute atomic E-state index is 14.6. The molecule has 4 aromatic rings. The van der Waals surface area contributed by atoms with Crippen LogP contribution in [0.25, 0.3) is 21.2 Å². The second-order valence-electron chi connectivity index (χ2n) is 9.59. The number of hydrogen-bond acceptors (Lipinski definition) is 5. The van der Waals surface area contributed by atoms with E-state index in [1.54, 1.807) is 29.2 Å². The monoisotopic (exact) mass is 573 g/mol. The molecule has 2 aromatic heterocycles. The number of pyridine rings is 1. The molecule has 1 amide bonds. The van der Waals surface area contributed by atoms with E-state index in [0.717, 1.165) is 42.5 Å². The SMILES string of the molecule is CCOc1ccc(-c2ccncc2F)cc1CN(C(=O)c1sc2c(F)ccc(F)c2c1Cl)C1CCC(N)CC1. The van der Waals surface area contributed by atoms with Crippen molar-refractivity contribution in [2.45, 2.75) is 51.2 Å². The Hall–Kier alpha value is -3.14. The zero-order valence-corrected chi connectivity index (χ0v) is 22.8. The van der Waals surface area contributed by atoms with E-state index in [0.29, 0.717) is 41.9 Å². The second-order valence-corrected chi connectivity index (χ2v) is 11.0. The number of benzene rings is 2. The molecule has 5 nitrogen and oxygen atoms in total. The summed E-state index contributed by atoms with van der Waals surface area (Å²) in [7, 11) is 0. The zero-order valence-electron chi connectivity index (χ0n) is 21.2. The van der Waals surface area contributed by atoms with Crippen molar-refractivity contribution < 1.29 is 22.7 Å². The molecule has 0 radical (unpaired) electrons. The molecule has 204 valence electrons. The number of hydrogen-bond donors (Lipinski definition) is 1. The summed E-state index contributed by atoms with van der Waals surface area (Å²) in [5, 5.41) is -0.201. The summed E-state index contributed by atoms with van der Waals surface area (Å²) in [6.07, 6.45) is 5.46. The molecule has 0 saturated heterocycles. The van der Waals surface area contributed by atoms with Crippen molar-refractivity contribution in [2.75, 3.05) is 6.61 Å². The Labute approximate surface area is 233 Å². The predicted molar refractivity (Wildman–Crippen MR) is 148 cm³/mol. The predicted octanol–water partition coefficient (Wildman–Crippen LogP) is 7.35. The van der Waals surface area contributed by atoms with Gasteiger partial charge in [-0.15, -0.1) is 11.3 Å². The minimum atomic E-state index is -0.687. The van der Waals surface area contributed by atoms with Crippen molar-refractivity contribution in [3.05, 3.63) is 81.7 Å². The van der Waals surface area contributed by atoms with E-state index < -0.39 is 23.4 Å². The summed E-state index contributed by atoms with van der Waals surface area (Å²) >= 11 is 7.35. The molecule has 2 heterocycles. The van der Waals surface area contributed by atoms with Crippen LogP contribution < -0.4 is 10.5 Å². The van der Waals surface area contributed by atoms with Crippen molar-refractivity contribution in [3.8, 4) is 16.9 Å². The van der Waals surface area contributed by atoms with Crippen LogP contribution in [0.3, 0.4) is 0 Å². The summed E-state index contributed by atoms with van der Waals surface area (Å²) in [6.45, 7) is 2.37. The number of amides is 1. The van der Waals surface area contributed by atoms with Crippen LogP contribution in [0, 0.1) is 17.5 Å². The molecule has 0 aliphatic heterocycles. The van der Waals surface area contributed by atoms with Crippen LogP contribution in [0.15, 0.2) is 48.8 Å². The molecule has 1 aliphatic carbocycles. The van der Waals surface area contributed by atoms with Crippen molar-refractivity contribution in [2.24, 2.45) is 5.73 Å². The normalized spacial score (nSPS) is 17.4. The first-order valence-corrected chi connectivity index (χ1v) is 14.0. The van der Waals surface area contributed by atoms with Crippen LogP contribution in [0.5, 0.6) is 5.75 Å². The van der Waals surface area contributed by atoms with E-state index in [9.17, 15) is 18.0 Å². The van der Waals surface area contributed by atoms with Gasteiger partial charge in [-0.05, 0) is 68.5 Å². The fourth-order valence-electron chi connectivity index (χ4n) is 5.11. The Morgan fingerprint density at radius 1 is 1.10 bits per heavy atom. The summed E-state index contributed by atoms with van der Waals surface area (Å²) in [5.41, 5.74) is 7.79. The van der Waals surface area contributed by atoms with Gasteiger partial charge >= 0.3 is 0 Å². The van der Waals surface area contributed by atoms with E-state index in [1.807, 2.05) is 6.92 Å². The fraction of sp³-hybridized carbons (Fsp3) is 0.310. The number of thiophene rings is 1. The van der Waals surface area contributed by atoms with Crippen LogP contribution in [0.2, 0.25) is 5.02 Å². The molecule has 0 bridgehead atoms. The van der Waals surface area contributed by atoms with E-state index in [2.05, 4.69) is 4.98 Å². The Balaban J connectivity index is 1.59. The number of fused-ring (bicyclic) bond motifs is 1. The van der Waals surface area contributed by atoms with Gasteiger partial charge in [-0.3, -0.25) is 9.78 Å². The maximum atomic E-state index is 14.6. The number of rotatable bonds is 7. The highest BCUT2D eigenvalue weighted by Crippen LogP contribution is 2.40. The van der Waals surface area contributed by atoms with Crippen LogP contribution in [0.4, 0.5) is 13.2 Å². The average molecular weight is 574 g/mol. The number of nitrogens with zero attached hydrogens (tertiary/aromatic N) is 2. The minimum absolute atomic E-state index is 0.000804. The molecule has 2 N–H and O–H groups in total. The number of aromatic nitrogens is 1. The Bertz CT molecular complexity index is 1520. The first-order chi connectivity index (χ1) is 18.8. The molecule has 0 atom stereocenters. The molecule has 39 heavy (non-hydrogen) atoms. The van der Waals surface area contributed by atoms with Crippen LogP contribution in [-0.4, -0.2) is 34.5 Å². The van der Waals surface area contributed by atoms with Gasteiger partial charge in [0, 0.05) is 36.0 Å². The molecule has 1 fully saturated rings. The fourth-order valence-corrected chi connectivity index (χ4v) is 6.61. The highest BCUT2D eigenvalue weighted by Gasteiger charge is 2.32. The van der Waals surface area contributed by atoms with Gasteiger partial charge < -0.3 is 15.4 Å². The van der Waals surface area contributed by atoms with Gasteiger partial charge in [-0.2, -0.15) is 0 Å². The largest absolute Gasteiger partial charge is 0.494 e. The van der Waals surface area contributed by atoms with Crippen molar-refractivity contribution in [3.63, 3.8) is 0 Å².